The van der Waals surface area contributed by atoms with Crippen LogP contribution in [0.15, 0.2) is 18.2 Å². The largest absolute Gasteiger partial charge is 0.330 e. The van der Waals surface area contributed by atoms with Gasteiger partial charge in [0.2, 0.25) is 6.43 Å². The van der Waals surface area contributed by atoms with Crippen LogP contribution in [0.4, 0.5) is 13.2 Å². The predicted octanol–water partition coefficient (Wildman–Crippen LogP) is 2.44. The van der Waals surface area contributed by atoms with Crippen LogP contribution in [-0.2, 0) is 0 Å². The van der Waals surface area contributed by atoms with Gasteiger partial charge in [-0.05, 0) is 30.2 Å². The topological polar surface area (TPSA) is 26.0 Å². The minimum Gasteiger partial charge on any atom is -0.330 e. The molecular weight excluding hydrogens is 191 g/mol. The Kier molecular flexibility index (Phi) is 3.52. The minimum atomic E-state index is -2.56. The summed E-state index contributed by atoms with van der Waals surface area (Å²) in [6.07, 6.45) is -2.56. The zero-order chi connectivity index (χ0) is 10.7. The third-order valence-corrected chi connectivity index (χ3v) is 2.20. The minimum absolute atomic E-state index is 0.179. The molecule has 0 spiro atoms. The lowest BCUT2D eigenvalue weighted by molar-refractivity contribution is 0.116. The molecule has 1 aromatic carbocycles. The highest BCUT2D eigenvalue weighted by Gasteiger charge is 2.22. The maximum Gasteiger partial charge on any atom is 0.246 e. The Hall–Kier alpha value is -1.03. The molecule has 1 rings (SSSR count). The fourth-order valence-corrected chi connectivity index (χ4v) is 1.38. The van der Waals surface area contributed by atoms with Gasteiger partial charge in [0.15, 0.2) is 0 Å². The van der Waals surface area contributed by atoms with E-state index in [-0.39, 0.29) is 6.54 Å². The van der Waals surface area contributed by atoms with Crippen LogP contribution in [0.5, 0.6) is 0 Å². The van der Waals surface area contributed by atoms with Crippen molar-refractivity contribution in [2.24, 2.45) is 5.73 Å². The van der Waals surface area contributed by atoms with Crippen molar-refractivity contribution in [3.8, 4) is 0 Å². The summed E-state index contributed by atoms with van der Waals surface area (Å²) in [5.41, 5.74) is 6.16. The van der Waals surface area contributed by atoms with E-state index in [2.05, 4.69) is 0 Å². The molecule has 0 aliphatic carbocycles. The van der Waals surface area contributed by atoms with Crippen LogP contribution >= 0.6 is 0 Å². The number of rotatable bonds is 3. The van der Waals surface area contributed by atoms with E-state index in [1.54, 1.807) is 6.92 Å². The number of aryl methyl sites for hydroxylation is 1. The van der Waals surface area contributed by atoms with Crippen molar-refractivity contribution in [2.75, 3.05) is 6.54 Å². The van der Waals surface area contributed by atoms with Gasteiger partial charge in [0.05, 0.1) is 5.92 Å². The summed E-state index contributed by atoms with van der Waals surface area (Å²) >= 11 is 0. The highest BCUT2D eigenvalue weighted by atomic mass is 19.3. The first-order valence-corrected chi connectivity index (χ1v) is 4.30. The molecule has 0 bridgehead atoms. The van der Waals surface area contributed by atoms with E-state index >= 15 is 0 Å². The quantitative estimate of drug-likeness (QED) is 0.802. The number of nitrogens with two attached hydrogens (primary N) is 1. The van der Waals surface area contributed by atoms with Crippen molar-refractivity contribution in [2.45, 2.75) is 19.3 Å². The van der Waals surface area contributed by atoms with Crippen LogP contribution in [0, 0.1) is 12.7 Å². The molecule has 0 fully saturated rings. The maximum atomic E-state index is 12.8. The summed E-state index contributed by atoms with van der Waals surface area (Å²) in [4.78, 5) is 0. The highest BCUT2D eigenvalue weighted by molar-refractivity contribution is 5.30. The van der Waals surface area contributed by atoms with E-state index in [1.807, 2.05) is 0 Å². The molecule has 0 radical (unpaired) electrons. The van der Waals surface area contributed by atoms with Gasteiger partial charge in [-0.2, -0.15) is 0 Å². The normalized spacial score (nSPS) is 13.3. The van der Waals surface area contributed by atoms with E-state index in [0.29, 0.717) is 11.1 Å². The third-order valence-electron chi connectivity index (χ3n) is 2.20. The highest BCUT2D eigenvalue weighted by Crippen LogP contribution is 2.25. The Labute approximate surface area is 80.7 Å². The molecule has 1 nitrogen and oxygen atoms in total. The molecule has 1 atom stereocenters. The Balaban J connectivity index is 3.08. The van der Waals surface area contributed by atoms with Crippen molar-refractivity contribution < 1.29 is 13.2 Å². The first kappa shape index (κ1) is 11.0. The maximum absolute atomic E-state index is 12.8. The van der Waals surface area contributed by atoms with Crippen LogP contribution in [0.25, 0.3) is 0 Å². The summed E-state index contributed by atoms with van der Waals surface area (Å²) in [5.74, 6) is -1.59. The van der Waals surface area contributed by atoms with Gasteiger partial charge < -0.3 is 5.73 Å². The fraction of sp³-hybridized carbons (Fsp3) is 0.400. The van der Waals surface area contributed by atoms with Gasteiger partial charge in [-0.25, -0.2) is 13.2 Å². The van der Waals surface area contributed by atoms with Crippen LogP contribution in [0.3, 0.4) is 0 Å². The second kappa shape index (κ2) is 4.46. The van der Waals surface area contributed by atoms with Crippen molar-refractivity contribution in [1.82, 2.24) is 0 Å². The van der Waals surface area contributed by atoms with Gasteiger partial charge in [0.25, 0.3) is 0 Å². The van der Waals surface area contributed by atoms with Crippen molar-refractivity contribution in [1.29, 1.82) is 0 Å². The number of benzene rings is 1. The van der Waals surface area contributed by atoms with Gasteiger partial charge in [0.1, 0.15) is 5.82 Å². The number of hydrogen-bond donors (Lipinski definition) is 1. The van der Waals surface area contributed by atoms with Crippen LogP contribution in [-0.4, -0.2) is 13.0 Å². The molecule has 4 heteroatoms. The number of alkyl halides is 2. The Morgan fingerprint density at radius 1 is 1.36 bits per heavy atom. The van der Waals surface area contributed by atoms with Gasteiger partial charge in [-0.15, -0.1) is 0 Å². The molecule has 0 aliphatic heterocycles. The van der Waals surface area contributed by atoms with E-state index in [1.165, 1.54) is 12.1 Å². The summed E-state index contributed by atoms with van der Waals surface area (Å²) < 4.78 is 37.8. The van der Waals surface area contributed by atoms with Crippen LogP contribution in [0.2, 0.25) is 0 Å². The Bertz CT molecular complexity index is 312. The molecule has 1 unspecified atom stereocenters. The zero-order valence-electron chi connectivity index (χ0n) is 7.81. The SMILES string of the molecule is Cc1ccc(F)cc1C(CN)C(F)F. The van der Waals surface area contributed by atoms with Crippen LogP contribution in [0.1, 0.15) is 17.0 Å². The van der Waals surface area contributed by atoms with E-state index in [4.69, 9.17) is 5.73 Å². The molecule has 2 N–H and O–H groups in total. The smallest absolute Gasteiger partial charge is 0.246 e. The summed E-state index contributed by atoms with van der Waals surface area (Å²) in [6, 6.07) is 3.85. The van der Waals surface area contributed by atoms with Crippen molar-refractivity contribution >= 4 is 0 Å². The average molecular weight is 203 g/mol. The van der Waals surface area contributed by atoms with Crippen molar-refractivity contribution in [3.05, 3.63) is 35.1 Å². The van der Waals surface area contributed by atoms with Gasteiger partial charge in [-0.1, -0.05) is 6.07 Å². The number of hydrogen-bond acceptors (Lipinski definition) is 1. The van der Waals surface area contributed by atoms with Crippen molar-refractivity contribution in [3.63, 3.8) is 0 Å². The summed E-state index contributed by atoms with van der Waals surface area (Å²) in [7, 11) is 0. The Morgan fingerprint density at radius 3 is 2.50 bits per heavy atom. The molecule has 14 heavy (non-hydrogen) atoms. The lowest BCUT2D eigenvalue weighted by Crippen LogP contribution is -2.20. The summed E-state index contributed by atoms with van der Waals surface area (Å²) in [5, 5.41) is 0. The second-order valence-electron chi connectivity index (χ2n) is 3.18. The standard InChI is InChI=1S/C10H12F3N/c1-6-2-3-7(11)4-8(6)9(5-14)10(12)13/h2-4,9-10H,5,14H2,1H3. The van der Waals surface area contributed by atoms with E-state index in [9.17, 15) is 13.2 Å². The molecule has 0 aromatic heterocycles. The average Bonchev–Trinajstić information content (AvgIpc) is 2.11. The second-order valence-corrected chi connectivity index (χ2v) is 3.18. The monoisotopic (exact) mass is 203 g/mol. The van der Waals surface area contributed by atoms with Gasteiger partial charge in [-0.3, -0.25) is 0 Å². The lowest BCUT2D eigenvalue weighted by atomic mass is 9.95. The molecule has 78 valence electrons. The van der Waals surface area contributed by atoms with Gasteiger partial charge >= 0.3 is 0 Å². The van der Waals surface area contributed by atoms with Crippen LogP contribution < -0.4 is 5.73 Å². The summed E-state index contributed by atoms with van der Waals surface area (Å²) in [6.45, 7) is 1.49. The molecule has 0 aliphatic rings. The molecule has 0 saturated heterocycles. The molecule has 0 heterocycles. The van der Waals surface area contributed by atoms with Gasteiger partial charge in [0, 0.05) is 6.54 Å². The lowest BCUT2D eigenvalue weighted by Gasteiger charge is -2.16. The fourth-order valence-electron chi connectivity index (χ4n) is 1.38. The Morgan fingerprint density at radius 2 is 2.00 bits per heavy atom. The van der Waals surface area contributed by atoms with E-state index < -0.39 is 18.2 Å². The molecule has 1 aromatic rings. The van der Waals surface area contributed by atoms with E-state index in [0.717, 1.165) is 6.07 Å². The molecule has 0 saturated carbocycles. The number of halogens is 3. The molecular formula is C10H12F3N. The zero-order valence-corrected chi connectivity index (χ0v) is 7.81. The first-order valence-electron chi connectivity index (χ1n) is 4.30. The predicted molar refractivity (Wildman–Crippen MR) is 48.9 cm³/mol. The first-order chi connectivity index (χ1) is 6.56. The molecule has 0 amide bonds. The third kappa shape index (κ3) is 2.26.